The van der Waals surface area contributed by atoms with Crippen LogP contribution in [0.4, 0.5) is 22.1 Å². The monoisotopic (exact) mass is 659 g/mol. The summed E-state index contributed by atoms with van der Waals surface area (Å²) in [7, 11) is -3.81. The number of sulfonamides is 1. The van der Waals surface area contributed by atoms with Crippen molar-refractivity contribution in [3.63, 3.8) is 0 Å². The topological polar surface area (TPSA) is 185 Å². The predicted molar refractivity (Wildman–Crippen MR) is 180 cm³/mol. The molecule has 0 aliphatic heterocycles. The maximum atomic E-state index is 12.8. The number of unbranched alkanes of at least 4 members (excludes halogenated alkanes) is 2. The van der Waals surface area contributed by atoms with Gasteiger partial charge in [-0.15, -0.1) is 12.3 Å². The lowest BCUT2D eigenvalue weighted by atomic mass is 9.93. The molecule has 0 bridgehead atoms. The highest BCUT2D eigenvalue weighted by Gasteiger charge is 2.21. The van der Waals surface area contributed by atoms with Crippen LogP contribution in [0.25, 0.3) is 22.0 Å². The number of nitrogens with zero attached hydrogens (tertiary/aromatic N) is 3. The van der Waals surface area contributed by atoms with Crippen molar-refractivity contribution in [1.82, 2.24) is 19.8 Å². The number of anilines is 3. The van der Waals surface area contributed by atoms with Crippen molar-refractivity contribution in [1.29, 1.82) is 0 Å². The minimum absolute atomic E-state index is 0.0300. The van der Waals surface area contributed by atoms with Crippen LogP contribution < -0.4 is 20.7 Å². The van der Waals surface area contributed by atoms with E-state index in [1.165, 1.54) is 6.33 Å². The van der Waals surface area contributed by atoms with Crippen LogP contribution in [-0.4, -0.2) is 47.1 Å². The quantitative estimate of drug-likeness (QED) is 0.105. The molecule has 4 N–H and O–H groups in total. The van der Waals surface area contributed by atoms with Crippen molar-refractivity contribution in [2.45, 2.75) is 64.7 Å². The fourth-order valence-corrected chi connectivity index (χ4v) is 5.68. The second-order valence-corrected chi connectivity index (χ2v) is 13.7. The molecule has 0 atom stereocenters. The summed E-state index contributed by atoms with van der Waals surface area (Å²) < 4.78 is 31.7. The Morgan fingerprint density at radius 3 is 2.36 bits per heavy atom. The first-order valence-corrected chi connectivity index (χ1v) is 16.7. The maximum Gasteiger partial charge on any atom is 0.324 e. The van der Waals surface area contributed by atoms with Gasteiger partial charge in [0.25, 0.3) is 0 Å². The summed E-state index contributed by atoms with van der Waals surface area (Å²) >= 11 is 0. The minimum Gasteiger partial charge on any atom is -0.359 e. The molecular formula is C33H37N7O6S. The van der Waals surface area contributed by atoms with E-state index >= 15 is 0 Å². The van der Waals surface area contributed by atoms with Crippen LogP contribution in [0.15, 0.2) is 59.4 Å². The molecule has 4 aromatic rings. The van der Waals surface area contributed by atoms with E-state index < -0.39 is 22.0 Å². The predicted octanol–water partition coefficient (Wildman–Crippen LogP) is 5.58. The molecule has 0 aliphatic rings. The van der Waals surface area contributed by atoms with E-state index in [1.807, 2.05) is 49.8 Å². The molecule has 47 heavy (non-hydrogen) atoms. The molecule has 2 aromatic carbocycles. The van der Waals surface area contributed by atoms with Gasteiger partial charge in [0, 0.05) is 36.4 Å². The van der Waals surface area contributed by atoms with Crippen LogP contribution in [0.3, 0.4) is 0 Å². The molecule has 0 spiro atoms. The molecule has 2 aromatic heterocycles. The second-order valence-electron chi connectivity index (χ2n) is 11.8. The van der Waals surface area contributed by atoms with Gasteiger partial charge in [0.1, 0.15) is 17.9 Å². The summed E-state index contributed by atoms with van der Waals surface area (Å²) in [6, 6.07) is 13.9. The molecule has 246 valence electrons. The zero-order chi connectivity index (χ0) is 34.0. The fourth-order valence-electron chi connectivity index (χ4n) is 4.54. The van der Waals surface area contributed by atoms with E-state index in [0.29, 0.717) is 46.8 Å². The lowest BCUT2D eigenvalue weighted by Crippen LogP contribution is -2.32. The highest BCUT2D eigenvalue weighted by atomic mass is 32.2. The van der Waals surface area contributed by atoms with Crippen LogP contribution in [0.2, 0.25) is 0 Å². The zero-order valence-corrected chi connectivity index (χ0v) is 27.2. The Labute approximate surface area is 273 Å². The summed E-state index contributed by atoms with van der Waals surface area (Å²) in [6.07, 6.45) is 7.84. The number of nitrogens with one attached hydrogen (secondary N) is 4. The number of carbonyl (C=O) groups excluding carboxylic acids is 3. The molecule has 13 nitrogen and oxygen atoms in total. The Morgan fingerprint density at radius 1 is 0.915 bits per heavy atom. The van der Waals surface area contributed by atoms with E-state index in [1.54, 1.807) is 24.3 Å². The van der Waals surface area contributed by atoms with Gasteiger partial charge in [-0.05, 0) is 48.6 Å². The highest BCUT2D eigenvalue weighted by molar-refractivity contribution is 7.90. The fraction of sp³-hybridized carbons (Fsp3) is 0.333. The van der Waals surface area contributed by atoms with Crippen molar-refractivity contribution in [2.24, 2.45) is 0 Å². The molecule has 2 heterocycles. The van der Waals surface area contributed by atoms with Crippen molar-refractivity contribution in [2.75, 3.05) is 21.7 Å². The van der Waals surface area contributed by atoms with E-state index in [2.05, 4.69) is 37.0 Å². The summed E-state index contributed by atoms with van der Waals surface area (Å²) in [5.74, 6) is 2.43. The van der Waals surface area contributed by atoms with Gasteiger partial charge in [-0.1, -0.05) is 50.2 Å². The number of aromatic nitrogens is 3. The normalized spacial score (nSPS) is 11.4. The number of carbonyl (C=O) groups is 3. The first kappa shape index (κ1) is 34.6. The standard InChI is InChI=1S/C33H37N7O6S/c1-5-6-7-14-29(42)40-47(44,45)19-9-8-13-28(41)38-31-30-24(11-10-12-25(30)34-21-35-31)22-15-17-23(18-16-22)36-32(43)37-27-20-26(46-39-27)33(2,3)4/h1,10-12,15-18,20-21H,6-9,13-14,19H2,2-4H3,(H,40,42)(H,34,35,38,41)(H2,36,37,39,43). The van der Waals surface area contributed by atoms with Crippen molar-refractivity contribution in [3.05, 3.63) is 60.6 Å². The summed E-state index contributed by atoms with van der Waals surface area (Å²) in [5, 5.41) is 12.8. The van der Waals surface area contributed by atoms with Gasteiger partial charge in [0.15, 0.2) is 5.82 Å². The zero-order valence-electron chi connectivity index (χ0n) is 26.4. The van der Waals surface area contributed by atoms with Crippen LogP contribution in [0.1, 0.15) is 65.1 Å². The molecule has 0 fully saturated rings. The lowest BCUT2D eigenvalue weighted by molar-refractivity contribution is -0.119. The van der Waals surface area contributed by atoms with E-state index in [0.717, 1.165) is 11.1 Å². The number of terminal acetylenes is 1. The van der Waals surface area contributed by atoms with Crippen LogP contribution in [0, 0.1) is 12.3 Å². The largest absolute Gasteiger partial charge is 0.359 e. The highest BCUT2D eigenvalue weighted by Crippen LogP contribution is 2.33. The summed E-state index contributed by atoms with van der Waals surface area (Å²) in [4.78, 5) is 45.8. The summed E-state index contributed by atoms with van der Waals surface area (Å²) in [6.45, 7) is 5.94. The number of fused-ring (bicyclic) bond motifs is 1. The molecule has 0 unspecified atom stereocenters. The van der Waals surface area contributed by atoms with Gasteiger partial charge in [0.05, 0.1) is 16.7 Å². The van der Waals surface area contributed by atoms with Gasteiger partial charge in [-0.3, -0.25) is 19.6 Å². The Morgan fingerprint density at radius 2 is 1.66 bits per heavy atom. The lowest BCUT2D eigenvalue weighted by Gasteiger charge is -2.12. The summed E-state index contributed by atoms with van der Waals surface area (Å²) in [5.41, 5.74) is 2.46. The van der Waals surface area contributed by atoms with E-state index in [4.69, 9.17) is 10.9 Å². The molecule has 4 rings (SSSR count). The average Bonchev–Trinajstić information content (AvgIpc) is 3.49. The third-order valence-corrected chi connectivity index (χ3v) is 8.29. The first-order valence-electron chi connectivity index (χ1n) is 15.0. The smallest absolute Gasteiger partial charge is 0.324 e. The third kappa shape index (κ3) is 10.1. The maximum absolute atomic E-state index is 12.8. The van der Waals surface area contributed by atoms with Crippen LogP contribution >= 0.6 is 0 Å². The SMILES string of the molecule is C#CCCCC(=O)NS(=O)(=O)CCCCC(=O)Nc1ncnc2cccc(-c3ccc(NC(=O)Nc4cc(C(C)(C)C)on4)cc3)c12. The molecular weight excluding hydrogens is 622 g/mol. The van der Waals surface area contributed by atoms with Gasteiger partial charge < -0.3 is 15.2 Å². The van der Waals surface area contributed by atoms with Crippen molar-refractivity contribution < 1.29 is 27.3 Å². The second kappa shape index (κ2) is 15.3. The molecule has 0 saturated heterocycles. The average molecular weight is 660 g/mol. The molecule has 0 saturated carbocycles. The van der Waals surface area contributed by atoms with Crippen molar-refractivity contribution >= 4 is 56.1 Å². The minimum atomic E-state index is -3.81. The van der Waals surface area contributed by atoms with Crippen LogP contribution in [-0.2, 0) is 25.0 Å². The number of urea groups is 1. The van der Waals surface area contributed by atoms with Gasteiger partial charge in [-0.25, -0.2) is 23.2 Å². The molecule has 0 radical (unpaired) electrons. The molecule has 14 heteroatoms. The Hall–Kier alpha value is -5.29. The van der Waals surface area contributed by atoms with Gasteiger partial charge in [0.2, 0.25) is 21.8 Å². The Bertz CT molecular complexity index is 1890. The van der Waals surface area contributed by atoms with Crippen molar-refractivity contribution in [3.8, 4) is 23.5 Å². The van der Waals surface area contributed by atoms with Gasteiger partial charge in [-0.2, -0.15) is 0 Å². The van der Waals surface area contributed by atoms with Crippen LogP contribution in [0.5, 0.6) is 0 Å². The third-order valence-electron chi connectivity index (χ3n) is 6.93. The number of hydrogen-bond acceptors (Lipinski definition) is 9. The van der Waals surface area contributed by atoms with E-state index in [9.17, 15) is 22.8 Å². The Kier molecular flexibility index (Phi) is 11.3. The number of benzene rings is 2. The number of amides is 4. The molecule has 4 amide bonds. The first-order chi connectivity index (χ1) is 22.3. The molecule has 0 aliphatic carbocycles. The Balaban J connectivity index is 1.36. The van der Waals surface area contributed by atoms with Gasteiger partial charge >= 0.3 is 6.03 Å². The number of rotatable bonds is 13. The number of hydrogen-bond donors (Lipinski definition) is 4. The van der Waals surface area contributed by atoms with E-state index in [-0.39, 0.29) is 42.8 Å².